The average Bonchev–Trinajstić information content (AvgIpc) is 3.13. The number of hydrogen-bond donors (Lipinski definition) is 0. The molecular formula is C45H29N. The van der Waals surface area contributed by atoms with Crippen molar-refractivity contribution in [2.24, 2.45) is 0 Å². The van der Waals surface area contributed by atoms with Crippen LogP contribution in [-0.4, -0.2) is 4.98 Å². The van der Waals surface area contributed by atoms with E-state index in [0.717, 1.165) is 16.8 Å². The van der Waals surface area contributed by atoms with Gasteiger partial charge in [0.2, 0.25) is 0 Å². The van der Waals surface area contributed by atoms with Crippen molar-refractivity contribution < 1.29 is 0 Å². The molecule has 1 aromatic heterocycles. The normalized spacial score (nSPS) is 11.5. The molecule has 214 valence electrons. The molecule has 0 unspecified atom stereocenters. The van der Waals surface area contributed by atoms with Gasteiger partial charge in [0.15, 0.2) is 0 Å². The van der Waals surface area contributed by atoms with Crippen LogP contribution in [0, 0.1) is 0 Å². The topological polar surface area (TPSA) is 12.9 Å². The lowest BCUT2D eigenvalue weighted by atomic mass is 9.84. The number of aromatic nitrogens is 1. The molecule has 0 aliphatic carbocycles. The van der Waals surface area contributed by atoms with Crippen LogP contribution in [0.25, 0.3) is 87.7 Å². The standard InChI is InChI=1S/C45H29N/c1-2-10-30(11-3-1)38-23-25-43(46-29-38)35-22-24-41-42(28-35)45(37-21-19-32-13-5-7-15-34(32)27-37)40-17-9-8-16-39(40)44(41)36-20-18-31-12-4-6-14-33(31)26-36/h1-29H. The molecule has 0 aliphatic heterocycles. The highest BCUT2D eigenvalue weighted by Crippen LogP contribution is 2.45. The van der Waals surface area contributed by atoms with E-state index in [2.05, 4.69) is 164 Å². The van der Waals surface area contributed by atoms with E-state index in [4.69, 9.17) is 4.98 Å². The predicted molar refractivity (Wildman–Crippen MR) is 196 cm³/mol. The Labute approximate surface area is 268 Å². The summed E-state index contributed by atoms with van der Waals surface area (Å²) in [4.78, 5) is 4.95. The van der Waals surface area contributed by atoms with Gasteiger partial charge in [0.05, 0.1) is 5.69 Å². The summed E-state index contributed by atoms with van der Waals surface area (Å²) < 4.78 is 0. The van der Waals surface area contributed by atoms with E-state index in [1.165, 1.54) is 70.9 Å². The predicted octanol–water partition coefficient (Wildman–Crippen LogP) is 12.4. The van der Waals surface area contributed by atoms with Crippen molar-refractivity contribution in [1.82, 2.24) is 4.98 Å². The Kier molecular flexibility index (Phi) is 6.21. The van der Waals surface area contributed by atoms with Crippen molar-refractivity contribution in [3.63, 3.8) is 0 Å². The lowest BCUT2D eigenvalue weighted by molar-refractivity contribution is 1.33. The zero-order valence-corrected chi connectivity index (χ0v) is 25.2. The number of fused-ring (bicyclic) bond motifs is 4. The Bertz CT molecular complexity index is 2560. The summed E-state index contributed by atoms with van der Waals surface area (Å²) in [6.45, 7) is 0. The maximum Gasteiger partial charge on any atom is 0.0702 e. The smallest absolute Gasteiger partial charge is 0.0702 e. The van der Waals surface area contributed by atoms with Gasteiger partial charge in [-0.15, -0.1) is 0 Å². The molecule has 0 amide bonds. The molecule has 0 radical (unpaired) electrons. The molecule has 9 aromatic rings. The van der Waals surface area contributed by atoms with Crippen LogP contribution in [0.3, 0.4) is 0 Å². The minimum atomic E-state index is 0.964. The summed E-state index contributed by atoms with van der Waals surface area (Å²) in [6.07, 6.45) is 1.99. The molecule has 0 fully saturated rings. The van der Waals surface area contributed by atoms with Gasteiger partial charge in [-0.25, -0.2) is 0 Å². The Hall–Kier alpha value is -6.05. The molecule has 0 spiro atoms. The molecule has 1 heterocycles. The van der Waals surface area contributed by atoms with E-state index in [0.29, 0.717) is 0 Å². The molecule has 46 heavy (non-hydrogen) atoms. The second-order valence-electron chi connectivity index (χ2n) is 12.0. The molecule has 8 aromatic carbocycles. The van der Waals surface area contributed by atoms with Crippen molar-refractivity contribution in [2.45, 2.75) is 0 Å². The van der Waals surface area contributed by atoms with Gasteiger partial charge in [0.1, 0.15) is 0 Å². The number of hydrogen-bond acceptors (Lipinski definition) is 1. The molecule has 0 N–H and O–H groups in total. The average molecular weight is 584 g/mol. The molecule has 1 nitrogen and oxygen atoms in total. The first-order chi connectivity index (χ1) is 22.8. The van der Waals surface area contributed by atoms with Crippen LogP contribution < -0.4 is 0 Å². The first-order valence-electron chi connectivity index (χ1n) is 15.8. The molecule has 0 bridgehead atoms. The van der Waals surface area contributed by atoms with Crippen LogP contribution in [0.15, 0.2) is 176 Å². The van der Waals surface area contributed by atoms with Crippen molar-refractivity contribution in [1.29, 1.82) is 0 Å². The van der Waals surface area contributed by atoms with E-state index in [1.54, 1.807) is 0 Å². The fourth-order valence-electron chi connectivity index (χ4n) is 7.02. The van der Waals surface area contributed by atoms with E-state index in [9.17, 15) is 0 Å². The highest BCUT2D eigenvalue weighted by atomic mass is 14.7. The van der Waals surface area contributed by atoms with E-state index < -0.39 is 0 Å². The molecule has 0 saturated carbocycles. The zero-order valence-electron chi connectivity index (χ0n) is 25.2. The van der Waals surface area contributed by atoms with Crippen LogP contribution in [0.2, 0.25) is 0 Å². The van der Waals surface area contributed by atoms with Crippen LogP contribution in [0.1, 0.15) is 0 Å². The molecule has 9 rings (SSSR count). The maximum atomic E-state index is 4.95. The van der Waals surface area contributed by atoms with Crippen LogP contribution in [0.5, 0.6) is 0 Å². The fraction of sp³-hybridized carbons (Fsp3) is 0. The van der Waals surface area contributed by atoms with Gasteiger partial charge in [0, 0.05) is 17.3 Å². The molecular weight excluding hydrogens is 555 g/mol. The highest BCUT2D eigenvalue weighted by molar-refractivity contribution is 6.22. The van der Waals surface area contributed by atoms with Gasteiger partial charge in [0.25, 0.3) is 0 Å². The largest absolute Gasteiger partial charge is 0.256 e. The molecule has 0 aliphatic rings. The summed E-state index contributed by atoms with van der Waals surface area (Å²) >= 11 is 0. The van der Waals surface area contributed by atoms with Crippen molar-refractivity contribution >= 4 is 43.1 Å². The van der Waals surface area contributed by atoms with Crippen LogP contribution in [-0.2, 0) is 0 Å². The van der Waals surface area contributed by atoms with Crippen LogP contribution >= 0.6 is 0 Å². The molecule has 0 atom stereocenters. The minimum Gasteiger partial charge on any atom is -0.256 e. The Morgan fingerprint density at radius 1 is 0.283 bits per heavy atom. The quantitative estimate of drug-likeness (QED) is 0.188. The SMILES string of the molecule is c1ccc(-c2ccc(-c3ccc4c(-c5ccc6ccccc6c5)c5ccccc5c(-c5ccc6ccccc6c5)c4c3)nc2)cc1. The first kappa shape index (κ1) is 26.4. The van der Waals surface area contributed by atoms with Crippen molar-refractivity contribution in [3.8, 4) is 44.6 Å². The van der Waals surface area contributed by atoms with Gasteiger partial charge >= 0.3 is 0 Å². The monoisotopic (exact) mass is 583 g/mol. The number of pyridine rings is 1. The van der Waals surface area contributed by atoms with Gasteiger partial charge in [-0.05, 0) is 95.2 Å². The van der Waals surface area contributed by atoms with Crippen molar-refractivity contribution in [2.75, 3.05) is 0 Å². The minimum absolute atomic E-state index is 0.964. The number of rotatable bonds is 4. The second-order valence-corrected chi connectivity index (χ2v) is 12.0. The zero-order chi connectivity index (χ0) is 30.5. The summed E-state index contributed by atoms with van der Waals surface area (Å²) in [7, 11) is 0. The fourth-order valence-corrected chi connectivity index (χ4v) is 7.02. The third-order valence-corrected chi connectivity index (χ3v) is 9.27. The van der Waals surface area contributed by atoms with Crippen molar-refractivity contribution in [3.05, 3.63) is 176 Å². The van der Waals surface area contributed by atoms with Gasteiger partial charge in [-0.3, -0.25) is 4.98 Å². The third-order valence-electron chi connectivity index (χ3n) is 9.27. The van der Waals surface area contributed by atoms with E-state index in [-0.39, 0.29) is 0 Å². The Morgan fingerprint density at radius 2 is 0.783 bits per heavy atom. The summed E-state index contributed by atoms with van der Waals surface area (Å²) in [5, 5.41) is 9.95. The summed E-state index contributed by atoms with van der Waals surface area (Å²) in [5.41, 5.74) is 9.32. The number of nitrogens with zero attached hydrogens (tertiary/aromatic N) is 1. The van der Waals surface area contributed by atoms with Crippen LogP contribution in [0.4, 0.5) is 0 Å². The second kappa shape index (κ2) is 10.8. The number of benzene rings is 8. The van der Waals surface area contributed by atoms with Gasteiger partial charge < -0.3 is 0 Å². The third kappa shape index (κ3) is 4.45. The Morgan fingerprint density at radius 3 is 1.39 bits per heavy atom. The van der Waals surface area contributed by atoms with E-state index >= 15 is 0 Å². The lowest BCUT2D eigenvalue weighted by Gasteiger charge is -2.19. The lowest BCUT2D eigenvalue weighted by Crippen LogP contribution is -1.93. The van der Waals surface area contributed by atoms with Gasteiger partial charge in [-0.1, -0.05) is 146 Å². The first-order valence-corrected chi connectivity index (χ1v) is 15.8. The molecule has 1 heteroatoms. The van der Waals surface area contributed by atoms with E-state index in [1.807, 2.05) is 12.3 Å². The Balaban J connectivity index is 1.33. The molecule has 0 saturated heterocycles. The van der Waals surface area contributed by atoms with Gasteiger partial charge in [-0.2, -0.15) is 0 Å². The summed E-state index contributed by atoms with van der Waals surface area (Å²) in [5.74, 6) is 0. The maximum absolute atomic E-state index is 4.95. The highest BCUT2D eigenvalue weighted by Gasteiger charge is 2.18. The summed E-state index contributed by atoms with van der Waals surface area (Å²) in [6, 6.07) is 61.5.